The zero-order valence-corrected chi connectivity index (χ0v) is 13.0. The zero-order valence-electron chi connectivity index (χ0n) is 12.2. The highest BCUT2D eigenvalue weighted by Gasteiger charge is 2.26. The largest absolute Gasteiger partial charge is 0.352 e. The van der Waals surface area contributed by atoms with Gasteiger partial charge in [-0.25, -0.2) is 0 Å². The molecule has 20 heavy (non-hydrogen) atoms. The van der Waals surface area contributed by atoms with Crippen LogP contribution in [0.5, 0.6) is 0 Å². The van der Waals surface area contributed by atoms with E-state index in [1.807, 2.05) is 11.8 Å². The van der Waals surface area contributed by atoms with Crippen molar-refractivity contribution < 1.29 is 9.59 Å². The Kier molecular flexibility index (Phi) is 7.30. The van der Waals surface area contributed by atoms with Crippen molar-refractivity contribution >= 4 is 24.2 Å². The molecule has 0 radical (unpaired) electrons. The summed E-state index contributed by atoms with van der Waals surface area (Å²) in [6.07, 6.45) is 4.22. The van der Waals surface area contributed by atoms with E-state index in [1.54, 1.807) is 0 Å². The fourth-order valence-electron chi connectivity index (χ4n) is 2.92. The summed E-state index contributed by atoms with van der Waals surface area (Å²) in [7, 11) is 0. The van der Waals surface area contributed by atoms with E-state index in [0.29, 0.717) is 25.3 Å². The first-order valence-electron chi connectivity index (χ1n) is 7.47. The zero-order chi connectivity index (χ0) is 13.7. The summed E-state index contributed by atoms with van der Waals surface area (Å²) in [6.45, 7) is 5.48. The molecule has 0 bridgehead atoms. The third-order valence-corrected chi connectivity index (χ3v) is 4.15. The van der Waals surface area contributed by atoms with Gasteiger partial charge in [-0.2, -0.15) is 0 Å². The summed E-state index contributed by atoms with van der Waals surface area (Å²) >= 11 is 0. The van der Waals surface area contributed by atoms with Crippen LogP contribution in [-0.2, 0) is 9.59 Å². The van der Waals surface area contributed by atoms with Crippen molar-refractivity contribution in [1.29, 1.82) is 0 Å². The molecule has 2 unspecified atom stereocenters. The average molecular weight is 304 g/mol. The summed E-state index contributed by atoms with van der Waals surface area (Å²) in [5.74, 6) is 0.990. The monoisotopic (exact) mass is 303 g/mol. The molecule has 2 fully saturated rings. The summed E-state index contributed by atoms with van der Waals surface area (Å²) in [5, 5.41) is 6.38. The minimum absolute atomic E-state index is 0. The molecular weight excluding hydrogens is 278 g/mol. The lowest BCUT2D eigenvalue weighted by Gasteiger charge is -2.16. The average Bonchev–Trinajstić information content (AvgIpc) is 3.06. The van der Waals surface area contributed by atoms with Gasteiger partial charge in [0, 0.05) is 32.0 Å². The van der Waals surface area contributed by atoms with Crippen LogP contribution in [0.3, 0.4) is 0 Å². The predicted octanol–water partition coefficient (Wildman–Crippen LogP) is 0.925. The molecular formula is C14H26ClN3O2. The maximum atomic E-state index is 11.9. The first kappa shape index (κ1) is 17.2. The lowest BCUT2D eigenvalue weighted by Crippen LogP contribution is -2.38. The van der Waals surface area contributed by atoms with Crippen molar-refractivity contribution in [2.24, 2.45) is 5.92 Å². The Morgan fingerprint density at radius 3 is 2.80 bits per heavy atom. The van der Waals surface area contributed by atoms with Crippen LogP contribution in [0.4, 0.5) is 0 Å². The van der Waals surface area contributed by atoms with E-state index >= 15 is 0 Å². The van der Waals surface area contributed by atoms with Crippen LogP contribution in [0, 0.1) is 5.92 Å². The van der Waals surface area contributed by atoms with Gasteiger partial charge < -0.3 is 15.5 Å². The highest BCUT2D eigenvalue weighted by atomic mass is 35.5. The van der Waals surface area contributed by atoms with Gasteiger partial charge in [-0.3, -0.25) is 9.59 Å². The van der Waals surface area contributed by atoms with Crippen LogP contribution < -0.4 is 10.6 Å². The van der Waals surface area contributed by atoms with E-state index in [1.165, 1.54) is 6.42 Å². The molecule has 2 atom stereocenters. The number of nitrogens with one attached hydrogen (secondary N) is 2. The highest BCUT2D eigenvalue weighted by molar-refractivity contribution is 5.85. The van der Waals surface area contributed by atoms with E-state index in [2.05, 4.69) is 10.6 Å². The minimum atomic E-state index is 0. The number of rotatable bonds is 5. The van der Waals surface area contributed by atoms with Crippen molar-refractivity contribution in [3.8, 4) is 0 Å². The second-order valence-electron chi connectivity index (χ2n) is 5.64. The minimum Gasteiger partial charge on any atom is -0.352 e. The smallest absolute Gasteiger partial charge is 0.222 e. The van der Waals surface area contributed by atoms with Gasteiger partial charge in [-0.15, -0.1) is 12.4 Å². The van der Waals surface area contributed by atoms with Gasteiger partial charge in [0.25, 0.3) is 0 Å². The Hall–Kier alpha value is -0.810. The number of hydrogen-bond acceptors (Lipinski definition) is 3. The normalized spacial score (nSPS) is 25.4. The molecule has 0 aromatic heterocycles. The molecule has 0 aromatic carbocycles. The van der Waals surface area contributed by atoms with Gasteiger partial charge in [-0.1, -0.05) is 6.92 Å². The van der Waals surface area contributed by atoms with E-state index in [9.17, 15) is 9.59 Å². The number of halogens is 1. The second kappa shape index (κ2) is 8.47. The Bertz CT molecular complexity index is 332. The highest BCUT2D eigenvalue weighted by Crippen LogP contribution is 2.15. The van der Waals surface area contributed by atoms with Gasteiger partial charge >= 0.3 is 0 Å². The van der Waals surface area contributed by atoms with Crippen molar-refractivity contribution in [2.75, 3.05) is 26.2 Å². The van der Waals surface area contributed by atoms with Crippen LogP contribution in [0.15, 0.2) is 0 Å². The van der Waals surface area contributed by atoms with E-state index in [4.69, 9.17) is 0 Å². The number of hydrogen-bond donors (Lipinski definition) is 2. The fraction of sp³-hybridized carbons (Fsp3) is 0.857. The topological polar surface area (TPSA) is 61.4 Å². The van der Waals surface area contributed by atoms with Crippen molar-refractivity contribution in [3.05, 3.63) is 0 Å². The maximum absolute atomic E-state index is 11.9. The van der Waals surface area contributed by atoms with Crippen molar-refractivity contribution in [1.82, 2.24) is 15.5 Å². The summed E-state index contributed by atoms with van der Waals surface area (Å²) < 4.78 is 0. The fourth-order valence-corrected chi connectivity index (χ4v) is 2.92. The summed E-state index contributed by atoms with van der Waals surface area (Å²) in [5.41, 5.74) is 0. The molecule has 2 rings (SSSR count). The molecule has 2 N–H and O–H groups in total. The molecule has 116 valence electrons. The van der Waals surface area contributed by atoms with Crippen LogP contribution >= 0.6 is 12.4 Å². The van der Waals surface area contributed by atoms with Crippen LogP contribution in [0.1, 0.15) is 39.0 Å². The Balaban J connectivity index is 0.00000200. The number of carbonyl (C=O) groups excluding carboxylic acids is 2. The van der Waals surface area contributed by atoms with Crippen LogP contribution in [0.25, 0.3) is 0 Å². The lowest BCUT2D eigenvalue weighted by molar-refractivity contribution is -0.130. The van der Waals surface area contributed by atoms with Gasteiger partial charge in [0.2, 0.25) is 11.8 Å². The van der Waals surface area contributed by atoms with Gasteiger partial charge in [-0.05, 0) is 38.3 Å². The molecule has 0 aromatic rings. The van der Waals surface area contributed by atoms with Gasteiger partial charge in [0.15, 0.2) is 0 Å². The van der Waals surface area contributed by atoms with Gasteiger partial charge in [0.1, 0.15) is 0 Å². The molecule has 2 aliphatic heterocycles. The number of likely N-dealkylation sites (tertiary alicyclic amines) is 1. The standard InChI is InChI=1S/C14H25N3O2.ClH/c1-2-14(19)17-8-6-12(10-17)16-13(18)4-3-11-5-7-15-9-11;/h11-12,15H,2-10H2,1H3,(H,16,18);1H. The van der Waals surface area contributed by atoms with Gasteiger partial charge in [0.05, 0.1) is 0 Å². The first-order chi connectivity index (χ1) is 9.19. The third kappa shape index (κ3) is 4.94. The molecule has 5 nitrogen and oxygen atoms in total. The molecule has 2 amide bonds. The third-order valence-electron chi connectivity index (χ3n) is 4.15. The second-order valence-corrected chi connectivity index (χ2v) is 5.64. The number of nitrogens with zero attached hydrogens (tertiary/aromatic N) is 1. The molecule has 0 spiro atoms. The Labute approximate surface area is 127 Å². The molecule has 0 saturated carbocycles. The van der Waals surface area contributed by atoms with Crippen LogP contribution in [0.2, 0.25) is 0 Å². The van der Waals surface area contributed by atoms with E-state index < -0.39 is 0 Å². The maximum Gasteiger partial charge on any atom is 0.222 e. The van der Waals surface area contributed by atoms with Crippen LogP contribution in [-0.4, -0.2) is 48.9 Å². The van der Waals surface area contributed by atoms with E-state index in [0.717, 1.165) is 32.5 Å². The summed E-state index contributed by atoms with van der Waals surface area (Å²) in [6, 6.07) is 0.157. The molecule has 2 saturated heterocycles. The first-order valence-corrected chi connectivity index (χ1v) is 7.47. The van der Waals surface area contributed by atoms with Crippen molar-refractivity contribution in [3.63, 3.8) is 0 Å². The SMILES string of the molecule is CCC(=O)N1CCC(NC(=O)CCC2CCNC2)C1.Cl. The molecule has 2 heterocycles. The predicted molar refractivity (Wildman–Crippen MR) is 80.9 cm³/mol. The Morgan fingerprint density at radius 2 is 2.15 bits per heavy atom. The Morgan fingerprint density at radius 1 is 1.35 bits per heavy atom. The number of amides is 2. The quantitative estimate of drug-likeness (QED) is 0.794. The van der Waals surface area contributed by atoms with E-state index in [-0.39, 0.29) is 30.3 Å². The summed E-state index contributed by atoms with van der Waals surface area (Å²) in [4.78, 5) is 25.3. The molecule has 6 heteroatoms. The molecule has 0 aliphatic carbocycles. The lowest BCUT2D eigenvalue weighted by atomic mass is 10.0. The van der Waals surface area contributed by atoms with Crippen molar-refractivity contribution in [2.45, 2.75) is 45.1 Å². The number of carbonyl (C=O) groups is 2. The molecule has 2 aliphatic rings.